The van der Waals surface area contributed by atoms with Gasteiger partial charge in [0.2, 0.25) is 5.91 Å². The van der Waals surface area contributed by atoms with Crippen molar-refractivity contribution >= 4 is 5.91 Å². The third kappa shape index (κ3) is 2.45. The summed E-state index contributed by atoms with van der Waals surface area (Å²) in [6.07, 6.45) is -0.148. The molecule has 1 N–H and O–H groups in total. The summed E-state index contributed by atoms with van der Waals surface area (Å²) >= 11 is 0. The molecule has 0 spiro atoms. The van der Waals surface area contributed by atoms with Crippen molar-refractivity contribution in [3.8, 4) is 0 Å². The number of nitrogens with one attached hydrogen (secondary N) is 1. The van der Waals surface area contributed by atoms with E-state index in [0.29, 0.717) is 12.1 Å². The van der Waals surface area contributed by atoms with Crippen LogP contribution >= 0.6 is 0 Å². The third-order valence-electron chi connectivity index (χ3n) is 3.51. The number of carbonyl (C=O) groups excluding carboxylic acids is 1. The first-order valence-corrected chi connectivity index (χ1v) is 5.91. The molecular weight excluding hydrogens is 257 g/mol. The van der Waals surface area contributed by atoms with Crippen molar-refractivity contribution in [2.24, 2.45) is 0 Å². The number of benzene rings is 1. The monoisotopic (exact) mass is 272 g/mol. The molecule has 1 heterocycles. The van der Waals surface area contributed by atoms with E-state index >= 15 is 0 Å². The molecule has 1 atom stereocenters. The summed E-state index contributed by atoms with van der Waals surface area (Å²) < 4.78 is 39.9. The molecule has 6 heteroatoms. The van der Waals surface area contributed by atoms with Crippen LogP contribution in [0, 0.1) is 17.5 Å². The van der Waals surface area contributed by atoms with Crippen molar-refractivity contribution in [1.82, 2.24) is 10.2 Å². The molecule has 0 bridgehead atoms. The first-order valence-electron chi connectivity index (χ1n) is 5.91. The molecule has 2 rings (SSSR count). The Balaban J connectivity index is 2.26. The average Bonchev–Trinajstić information content (AvgIpc) is 2.47. The van der Waals surface area contributed by atoms with Crippen molar-refractivity contribution in [1.29, 1.82) is 0 Å². The van der Waals surface area contributed by atoms with Crippen molar-refractivity contribution in [2.45, 2.75) is 32.0 Å². The van der Waals surface area contributed by atoms with Gasteiger partial charge >= 0.3 is 0 Å². The molecular formula is C13H15F3N2O. The maximum atomic E-state index is 13.5. The van der Waals surface area contributed by atoms with Gasteiger partial charge in [-0.05, 0) is 13.8 Å². The molecule has 1 aromatic rings. The second kappa shape index (κ2) is 4.52. The molecule has 1 fully saturated rings. The second-order valence-electron chi connectivity index (χ2n) is 5.21. The minimum Gasteiger partial charge on any atom is -0.327 e. The van der Waals surface area contributed by atoms with Crippen molar-refractivity contribution in [3.63, 3.8) is 0 Å². The van der Waals surface area contributed by atoms with E-state index in [0.717, 1.165) is 0 Å². The van der Waals surface area contributed by atoms with E-state index in [2.05, 4.69) is 5.32 Å². The fraction of sp³-hybridized carbons (Fsp3) is 0.462. The lowest BCUT2D eigenvalue weighted by Gasteiger charge is -2.27. The highest BCUT2D eigenvalue weighted by Gasteiger charge is 2.42. The van der Waals surface area contributed by atoms with E-state index < -0.39 is 29.2 Å². The summed E-state index contributed by atoms with van der Waals surface area (Å²) in [7, 11) is 1.62. The van der Waals surface area contributed by atoms with Gasteiger partial charge in [-0.2, -0.15) is 0 Å². The summed E-state index contributed by atoms with van der Waals surface area (Å²) in [5.74, 6) is -3.16. The van der Waals surface area contributed by atoms with Crippen LogP contribution in [0.1, 0.15) is 19.4 Å². The largest absolute Gasteiger partial charge is 0.327 e. The van der Waals surface area contributed by atoms with Gasteiger partial charge in [0, 0.05) is 31.2 Å². The van der Waals surface area contributed by atoms with Crippen molar-refractivity contribution < 1.29 is 18.0 Å². The molecule has 1 saturated heterocycles. The number of hydrogen-bond donors (Lipinski definition) is 1. The molecule has 19 heavy (non-hydrogen) atoms. The minimum atomic E-state index is -0.973. The summed E-state index contributed by atoms with van der Waals surface area (Å²) in [4.78, 5) is 13.4. The second-order valence-corrected chi connectivity index (χ2v) is 5.21. The van der Waals surface area contributed by atoms with Gasteiger partial charge in [0.05, 0.1) is 11.7 Å². The van der Waals surface area contributed by atoms with Crippen LogP contribution in [0.3, 0.4) is 0 Å². The maximum absolute atomic E-state index is 13.5. The van der Waals surface area contributed by atoms with Gasteiger partial charge in [-0.3, -0.25) is 10.1 Å². The Hall–Kier alpha value is -1.56. The molecule has 0 unspecified atom stereocenters. The number of rotatable bonds is 2. The summed E-state index contributed by atoms with van der Waals surface area (Å²) in [5, 5.41) is 3.00. The van der Waals surface area contributed by atoms with Crippen LogP contribution < -0.4 is 5.32 Å². The quantitative estimate of drug-likeness (QED) is 0.890. The van der Waals surface area contributed by atoms with Gasteiger partial charge in [0.15, 0.2) is 0 Å². The first-order chi connectivity index (χ1) is 8.72. The van der Waals surface area contributed by atoms with E-state index in [1.807, 2.05) is 0 Å². The fourth-order valence-corrected chi connectivity index (χ4v) is 2.20. The van der Waals surface area contributed by atoms with Gasteiger partial charge in [-0.15, -0.1) is 0 Å². The maximum Gasteiger partial charge on any atom is 0.241 e. The molecule has 1 amide bonds. The van der Waals surface area contributed by atoms with Crippen LogP contribution in [0.15, 0.2) is 12.1 Å². The van der Waals surface area contributed by atoms with E-state index in [1.54, 1.807) is 20.9 Å². The fourth-order valence-electron chi connectivity index (χ4n) is 2.20. The number of nitrogens with zero attached hydrogens (tertiary/aromatic N) is 1. The molecule has 0 aliphatic carbocycles. The highest BCUT2D eigenvalue weighted by molar-refractivity contribution is 5.85. The lowest BCUT2D eigenvalue weighted by molar-refractivity contribution is -0.129. The average molecular weight is 272 g/mol. The molecule has 1 aromatic carbocycles. The molecule has 0 radical (unpaired) electrons. The summed E-state index contributed by atoms with van der Waals surface area (Å²) in [5.41, 5.74) is -0.854. The van der Waals surface area contributed by atoms with E-state index in [9.17, 15) is 18.0 Å². The molecule has 0 saturated carbocycles. The van der Waals surface area contributed by atoms with Crippen LogP contribution in [0.2, 0.25) is 0 Å². The normalized spacial score (nSPS) is 22.1. The van der Waals surface area contributed by atoms with Gasteiger partial charge in [-0.1, -0.05) is 0 Å². The molecule has 3 nitrogen and oxygen atoms in total. The predicted molar refractivity (Wildman–Crippen MR) is 63.8 cm³/mol. The molecule has 1 aliphatic heterocycles. The van der Waals surface area contributed by atoms with Crippen molar-refractivity contribution in [2.75, 3.05) is 7.05 Å². The Labute approximate surface area is 109 Å². The Morgan fingerprint density at radius 2 is 1.79 bits per heavy atom. The lowest BCUT2D eigenvalue weighted by atomic mass is 10.0. The number of halogens is 3. The number of hydrogen-bond acceptors (Lipinski definition) is 2. The Bertz CT molecular complexity index is 508. The van der Waals surface area contributed by atoms with Gasteiger partial charge in [0.1, 0.15) is 17.5 Å². The summed E-state index contributed by atoms with van der Waals surface area (Å²) in [6.45, 7) is 3.59. The zero-order chi connectivity index (χ0) is 14.4. The van der Waals surface area contributed by atoms with E-state index in [4.69, 9.17) is 0 Å². The zero-order valence-electron chi connectivity index (χ0n) is 10.9. The Kier molecular flexibility index (Phi) is 3.30. The highest BCUT2D eigenvalue weighted by Crippen LogP contribution is 2.23. The van der Waals surface area contributed by atoms with Gasteiger partial charge in [0.25, 0.3) is 0 Å². The van der Waals surface area contributed by atoms with E-state index in [-0.39, 0.29) is 17.9 Å². The summed E-state index contributed by atoms with van der Waals surface area (Å²) in [6, 6.07) is 0.522. The standard InChI is InChI=1S/C13H15F3N2O/c1-13(2)17-11(12(19)18(13)3)6-8-9(15)4-7(14)5-10(8)16/h4-5,11,17H,6H2,1-3H3/t11-/m0/s1. The van der Waals surface area contributed by atoms with Gasteiger partial charge in [-0.25, -0.2) is 13.2 Å². The zero-order valence-corrected chi connectivity index (χ0v) is 10.9. The number of likely N-dealkylation sites (N-methyl/N-ethyl adjacent to an activating group) is 1. The smallest absolute Gasteiger partial charge is 0.241 e. The van der Waals surface area contributed by atoms with Crippen molar-refractivity contribution in [3.05, 3.63) is 35.1 Å². The minimum absolute atomic E-state index is 0.148. The SMILES string of the molecule is CN1C(=O)[C@H](Cc2c(F)cc(F)cc2F)NC1(C)C. The van der Waals surface area contributed by atoms with Crippen LogP contribution in [-0.4, -0.2) is 29.6 Å². The lowest BCUT2D eigenvalue weighted by Crippen LogP contribution is -2.45. The van der Waals surface area contributed by atoms with Crippen LogP contribution in [-0.2, 0) is 11.2 Å². The van der Waals surface area contributed by atoms with E-state index in [1.165, 1.54) is 4.90 Å². The Morgan fingerprint density at radius 1 is 1.26 bits per heavy atom. The third-order valence-corrected chi connectivity index (χ3v) is 3.51. The highest BCUT2D eigenvalue weighted by atomic mass is 19.1. The van der Waals surface area contributed by atoms with Crippen LogP contribution in [0.4, 0.5) is 13.2 Å². The number of carbonyl (C=O) groups is 1. The van der Waals surface area contributed by atoms with Crippen LogP contribution in [0.5, 0.6) is 0 Å². The molecule has 1 aliphatic rings. The van der Waals surface area contributed by atoms with Crippen LogP contribution in [0.25, 0.3) is 0 Å². The first kappa shape index (κ1) is 13.9. The molecule has 104 valence electrons. The predicted octanol–water partition coefficient (Wildman–Crippen LogP) is 1.81. The van der Waals surface area contributed by atoms with Gasteiger partial charge < -0.3 is 4.90 Å². The number of amides is 1. The topological polar surface area (TPSA) is 32.3 Å². The Morgan fingerprint density at radius 3 is 2.21 bits per heavy atom. The molecule has 0 aromatic heterocycles.